The Morgan fingerprint density at radius 2 is 1.59 bits per heavy atom. The Kier molecular flexibility index (Phi) is 4.85. The average Bonchev–Trinajstić information content (AvgIpc) is 2.97. The lowest BCUT2D eigenvalue weighted by molar-refractivity contribution is -0.153. The second-order valence-corrected chi connectivity index (χ2v) is 5.55. The lowest BCUT2D eigenvalue weighted by Gasteiger charge is -2.32. The minimum Gasteiger partial charge on any atom is -0.465 e. The summed E-state index contributed by atoms with van der Waals surface area (Å²) < 4.78 is 21.2. The van der Waals surface area contributed by atoms with E-state index in [-0.39, 0.29) is 43.7 Å². The quantitative estimate of drug-likeness (QED) is 0.403. The van der Waals surface area contributed by atoms with Gasteiger partial charge in [0, 0.05) is 32.6 Å². The SMILES string of the molecule is CC(=O)OC[C@H]1[C@@H](COC(C)=O)[C@]2(COC(C)=O)C=C[C@H]1O2. The lowest BCUT2D eigenvalue weighted by Crippen LogP contribution is -2.44. The van der Waals surface area contributed by atoms with E-state index in [9.17, 15) is 14.4 Å². The highest BCUT2D eigenvalue weighted by atomic mass is 16.6. The van der Waals surface area contributed by atoms with E-state index in [4.69, 9.17) is 18.9 Å². The number of fused-ring (bicyclic) bond motifs is 2. The first-order valence-electron chi connectivity index (χ1n) is 7.11. The third-order valence-corrected chi connectivity index (χ3v) is 3.94. The minimum absolute atomic E-state index is 0.0395. The predicted octanol–water partition coefficient (Wildman–Crippen LogP) is 0.615. The van der Waals surface area contributed by atoms with Crippen LogP contribution in [0.4, 0.5) is 0 Å². The number of carbonyl (C=O) groups is 3. The Balaban J connectivity index is 2.13. The molecule has 0 aromatic carbocycles. The van der Waals surface area contributed by atoms with Gasteiger partial charge < -0.3 is 18.9 Å². The van der Waals surface area contributed by atoms with Gasteiger partial charge in [-0.3, -0.25) is 14.4 Å². The highest BCUT2D eigenvalue weighted by molar-refractivity contribution is 5.66. The zero-order valence-electron chi connectivity index (χ0n) is 12.9. The topological polar surface area (TPSA) is 88.1 Å². The number of hydrogen-bond acceptors (Lipinski definition) is 7. The van der Waals surface area contributed by atoms with Crippen LogP contribution in [-0.4, -0.2) is 49.4 Å². The van der Waals surface area contributed by atoms with Crippen molar-refractivity contribution in [1.29, 1.82) is 0 Å². The Labute approximate surface area is 128 Å². The molecule has 7 nitrogen and oxygen atoms in total. The summed E-state index contributed by atoms with van der Waals surface area (Å²) in [5.41, 5.74) is -0.837. The molecule has 1 saturated heterocycles. The number of hydrogen-bond donors (Lipinski definition) is 0. The van der Waals surface area contributed by atoms with E-state index in [0.29, 0.717) is 0 Å². The zero-order chi connectivity index (χ0) is 16.3. The van der Waals surface area contributed by atoms with Gasteiger partial charge in [0.25, 0.3) is 0 Å². The molecule has 2 heterocycles. The van der Waals surface area contributed by atoms with E-state index in [1.807, 2.05) is 12.2 Å². The van der Waals surface area contributed by atoms with Crippen LogP contribution in [0, 0.1) is 11.8 Å². The first-order chi connectivity index (χ1) is 10.3. The average molecular weight is 312 g/mol. The van der Waals surface area contributed by atoms with Crippen LogP contribution in [0.25, 0.3) is 0 Å². The molecule has 0 aromatic heterocycles. The van der Waals surface area contributed by atoms with Crippen LogP contribution in [0.1, 0.15) is 20.8 Å². The smallest absolute Gasteiger partial charge is 0.302 e. The van der Waals surface area contributed by atoms with Gasteiger partial charge in [0.1, 0.15) is 12.2 Å². The van der Waals surface area contributed by atoms with E-state index in [1.54, 1.807) is 0 Å². The van der Waals surface area contributed by atoms with Gasteiger partial charge in [0.2, 0.25) is 0 Å². The van der Waals surface area contributed by atoms with Crippen molar-refractivity contribution < 1.29 is 33.3 Å². The molecule has 0 spiro atoms. The van der Waals surface area contributed by atoms with Gasteiger partial charge in [-0.2, -0.15) is 0 Å². The van der Waals surface area contributed by atoms with Crippen molar-refractivity contribution in [2.75, 3.05) is 19.8 Å². The van der Waals surface area contributed by atoms with Crippen molar-refractivity contribution in [2.45, 2.75) is 32.5 Å². The number of rotatable bonds is 6. The minimum atomic E-state index is -0.837. The van der Waals surface area contributed by atoms with Crippen molar-refractivity contribution in [3.05, 3.63) is 12.2 Å². The van der Waals surface area contributed by atoms with Crippen molar-refractivity contribution >= 4 is 17.9 Å². The van der Waals surface area contributed by atoms with Crippen LogP contribution in [0.15, 0.2) is 12.2 Å². The molecule has 1 fully saturated rings. The van der Waals surface area contributed by atoms with Crippen LogP contribution in [0.3, 0.4) is 0 Å². The van der Waals surface area contributed by atoms with E-state index in [2.05, 4.69) is 0 Å². The Bertz CT molecular complexity index is 498. The maximum Gasteiger partial charge on any atom is 0.302 e. The molecule has 0 radical (unpaired) electrons. The van der Waals surface area contributed by atoms with Gasteiger partial charge in [-0.1, -0.05) is 12.2 Å². The summed E-state index contributed by atoms with van der Waals surface area (Å²) in [5.74, 6) is -1.59. The fourth-order valence-corrected chi connectivity index (χ4v) is 2.92. The first-order valence-corrected chi connectivity index (χ1v) is 7.11. The van der Waals surface area contributed by atoms with Crippen LogP contribution in [0.2, 0.25) is 0 Å². The number of carbonyl (C=O) groups excluding carboxylic acids is 3. The molecule has 0 amide bonds. The van der Waals surface area contributed by atoms with Gasteiger partial charge in [-0.25, -0.2) is 0 Å². The normalized spacial score (nSPS) is 31.9. The molecule has 0 N–H and O–H groups in total. The van der Waals surface area contributed by atoms with Crippen LogP contribution in [0.5, 0.6) is 0 Å². The molecular weight excluding hydrogens is 292 g/mol. The zero-order valence-corrected chi connectivity index (χ0v) is 12.9. The molecule has 122 valence electrons. The second-order valence-electron chi connectivity index (χ2n) is 5.55. The Hall–Kier alpha value is -1.89. The van der Waals surface area contributed by atoms with Crippen LogP contribution < -0.4 is 0 Å². The largest absolute Gasteiger partial charge is 0.465 e. The van der Waals surface area contributed by atoms with Crippen molar-refractivity contribution in [1.82, 2.24) is 0 Å². The van der Waals surface area contributed by atoms with Crippen LogP contribution >= 0.6 is 0 Å². The third kappa shape index (κ3) is 3.47. The standard InChI is InChI=1S/C15H20O7/c1-9(16)19-6-12-13(7-20-10(2)17)15(8-21-11(3)18)5-4-14(12)22-15/h4-5,12-14H,6-8H2,1-3H3/t12-,13+,14+,15+/m0/s1. The molecule has 22 heavy (non-hydrogen) atoms. The molecule has 2 aliphatic heterocycles. The highest BCUT2D eigenvalue weighted by Crippen LogP contribution is 2.47. The van der Waals surface area contributed by atoms with E-state index in [0.717, 1.165) is 0 Å². The van der Waals surface area contributed by atoms with Gasteiger partial charge >= 0.3 is 17.9 Å². The van der Waals surface area contributed by atoms with Gasteiger partial charge in [0.05, 0.1) is 19.3 Å². The highest BCUT2D eigenvalue weighted by Gasteiger charge is 2.57. The second kappa shape index (κ2) is 6.48. The summed E-state index contributed by atoms with van der Waals surface area (Å²) in [6.07, 6.45) is 3.44. The monoisotopic (exact) mass is 312 g/mol. The molecule has 4 atom stereocenters. The molecule has 2 aliphatic rings. The summed E-state index contributed by atoms with van der Waals surface area (Å²) in [5, 5.41) is 0. The van der Waals surface area contributed by atoms with E-state index in [1.165, 1.54) is 20.8 Å². The molecule has 2 rings (SSSR count). The van der Waals surface area contributed by atoms with Crippen LogP contribution in [-0.2, 0) is 33.3 Å². The van der Waals surface area contributed by atoms with Gasteiger partial charge in [-0.15, -0.1) is 0 Å². The lowest BCUT2D eigenvalue weighted by atomic mass is 9.76. The summed E-state index contributed by atoms with van der Waals surface area (Å²) in [4.78, 5) is 33.2. The first kappa shape index (κ1) is 16.5. The van der Waals surface area contributed by atoms with Gasteiger partial charge in [0.15, 0.2) is 0 Å². The number of ether oxygens (including phenoxy) is 4. The summed E-state index contributed by atoms with van der Waals surface area (Å²) in [7, 11) is 0. The molecule has 0 aromatic rings. The summed E-state index contributed by atoms with van der Waals surface area (Å²) in [6, 6.07) is 0. The third-order valence-electron chi connectivity index (χ3n) is 3.94. The predicted molar refractivity (Wildman–Crippen MR) is 73.6 cm³/mol. The van der Waals surface area contributed by atoms with Crippen molar-refractivity contribution in [2.24, 2.45) is 11.8 Å². The maximum atomic E-state index is 11.1. The molecule has 0 aliphatic carbocycles. The van der Waals surface area contributed by atoms with Crippen molar-refractivity contribution in [3.63, 3.8) is 0 Å². The molecule has 2 bridgehead atoms. The molecule has 0 unspecified atom stereocenters. The number of esters is 3. The van der Waals surface area contributed by atoms with Gasteiger partial charge in [-0.05, 0) is 0 Å². The Morgan fingerprint density at radius 1 is 1.00 bits per heavy atom. The molecule has 0 saturated carbocycles. The maximum absolute atomic E-state index is 11.1. The fourth-order valence-electron chi connectivity index (χ4n) is 2.92. The van der Waals surface area contributed by atoms with E-state index >= 15 is 0 Å². The molecular formula is C15H20O7. The molecule has 7 heteroatoms. The fraction of sp³-hybridized carbons (Fsp3) is 0.667. The van der Waals surface area contributed by atoms with E-state index < -0.39 is 17.5 Å². The summed E-state index contributed by atoms with van der Waals surface area (Å²) >= 11 is 0. The Morgan fingerprint density at radius 3 is 2.18 bits per heavy atom. The summed E-state index contributed by atoms with van der Waals surface area (Å²) in [6.45, 7) is 4.29. The van der Waals surface area contributed by atoms with Crippen molar-refractivity contribution in [3.8, 4) is 0 Å².